The molecule has 0 saturated carbocycles. The third-order valence-corrected chi connectivity index (χ3v) is 2.45. The van der Waals surface area contributed by atoms with Crippen molar-refractivity contribution in [3.63, 3.8) is 0 Å². The fourth-order valence-electron chi connectivity index (χ4n) is 1.48. The minimum atomic E-state index is 0.103. The van der Waals surface area contributed by atoms with Crippen molar-refractivity contribution in [3.8, 4) is 0 Å². The summed E-state index contributed by atoms with van der Waals surface area (Å²) >= 11 is 0. The Morgan fingerprint density at radius 2 is 1.93 bits per heavy atom. The van der Waals surface area contributed by atoms with Gasteiger partial charge in [-0.05, 0) is 17.5 Å². The van der Waals surface area contributed by atoms with Gasteiger partial charge in [0.15, 0.2) is 0 Å². The van der Waals surface area contributed by atoms with Crippen molar-refractivity contribution in [2.45, 2.75) is 19.3 Å². The van der Waals surface area contributed by atoms with Crippen molar-refractivity contribution >= 4 is 0 Å². The first-order valence-electron chi connectivity index (χ1n) is 5.00. The fraction of sp³-hybridized carbons (Fsp3) is 0.500. The molecule has 1 atom stereocenters. The topological polar surface area (TPSA) is 29.5 Å². The lowest BCUT2D eigenvalue weighted by molar-refractivity contribution is 0.144. The van der Waals surface area contributed by atoms with E-state index in [2.05, 4.69) is 31.2 Å². The van der Waals surface area contributed by atoms with Gasteiger partial charge < -0.3 is 9.84 Å². The van der Waals surface area contributed by atoms with E-state index in [1.54, 1.807) is 7.11 Å². The molecular formula is C12H18O2. The van der Waals surface area contributed by atoms with Crippen LogP contribution in [0.2, 0.25) is 0 Å². The summed E-state index contributed by atoms with van der Waals surface area (Å²) in [6, 6.07) is 8.35. The zero-order chi connectivity index (χ0) is 10.4. The van der Waals surface area contributed by atoms with Crippen LogP contribution in [0.3, 0.4) is 0 Å². The molecule has 0 spiro atoms. The van der Waals surface area contributed by atoms with Gasteiger partial charge in [0.2, 0.25) is 0 Å². The third kappa shape index (κ3) is 2.82. The smallest absolute Gasteiger partial charge is 0.0553 e. The molecule has 0 aliphatic carbocycles. The zero-order valence-electron chi connectivity index (χ0n) is 8.86. The Kier molecular flexibility index (Phi) is 4.63. The van der Waals surface area contributed by atoms with Crippen molar-refractivity contribution in [2.75, 3.05) is 20.3 Å². The van der Waals surface area contributed by atoms with E-state index in [0.717, 1.165) is 12.0 Å². The molecule has 1 N–H and O–H groups in total. The highest BCUT2D eigenvalue weighted by Gasteiger charge is 2.09. The molecule has 1 aromatic carbocycles. The molecule has 0 amide bonds. The maximum absolute atomic E-state index is 9.16. The van der Waals surface area contributed by atoms with Gasteiger partial charge >= 0.3 is 0 Å². The molecule has 0 heterocycles. The summed E-state index contributed by atoms with van der Waals surface area (Å²) in [7, 11) is 1.66. The third-order valence-electron chi connectivity index (χ3n) is 2.45. The molecule has 0 saturated heterocycles. The number of aliphatic hydroxyl groups excluding tert-OH is 1. The lowest BCUT2D eigenvalue weighted by atomic mass is 9.99. The second kappa shape index (κ2) is 5.78. The van der Waals surface area contributed by atoms with Gasteiger partial charge in [-0.1, -0.05) is 31.2 Å². The molecule has 0 bridgehead atoms. The summed E-state index contributed by atoms with van der Waals surface area (Å²) in [5.41, 5.74) is 2.47. The standard InChI is InChI=1S/C12H18O2/c1-3-10-4-6-11(7-5-10)12(8-13)9-14-2/h4-7,12-13H,3,8-9H2,1-2H3. The summed E-state index contributed by atoms with van der Waals surface area (Å²) in [6.07, 6.45) is 1.05. The number of aryl methyl sites for hydroxylation is 1. The fourth-order valence-corrected chi connectivity index (χ4v) is 1.48. The summed E-state index contributed by atoms with van der Waals surface area (Å²) in [6.45, 7) is 2.84. The SMILES string of the molecule is CCc1ccc(C(CO)COC)cc1. The van der Waals surface area contributed by atoms with Gasteiger partial charge in [0.25, 0.3) is 0 Å². The van der Waals surface area contributed by atoms with Crippen molar-refractivity contribution in [1.82, 2.24) is 0 Å². The molecule has 1 rings (SSSR count). The highest BCUT2D eigenvalue weighted by atomic mass is 16.5. The lowest BCUT2D eigenvalue weighted by Crippen LogP contribution is -2.10. The minimum Gasteiger partial charge on any atom is -0.396 e. The van der Waals surface area contributed by atoms with Gasteiger partial charge in [-0.25, -0.2) is 0 Å². The number of ether oxygens (including phenoxy) is 1. The van der Waals surface area contributed by atoms with E-state index in [1.165, 1.54) is 5.56 Å². The molecule has 2 nitrogen and oxygen atoms in total. The minimum absolute atomic E-state index is 0.103. The van der Waals surface area contributed by atoms with E-state index in [4.69, 9.17) is 9.84 Å². The molecule has 14 heavy (non-hydrogen) atoms. The van der Waals surface area contributed by atoms with E-state index in [-0.39, 0.29) is 12.5 Å². The number of methoxy groups -OCH3 is 1. The van der Waals surface area contributed by atoms with Crippen LogP contribution in [0, 0.1) is 0 Å². The monoisotopic (exact) mass is 194 g/mol. The zero-order valence-corrected chi connectivity index (χ0v) is 8.86. The number of rotatable bonds is 5. The first-order chi connectivity index (χ1) is 6.81. The molecule has 2 heteroatoms. The lowest BCUT2D eigenvalue weighted by Gasteiger charge is -2.13. The van der Waals surface area contributed by atoms with Crippen LogP contribution in [0.1, 0.15) is 24.0 Å². The predicted molar refractivity (Wildman–Crippen MR) is 57.5 cm³/mol. The molecule has 0 aliphatic rings. The first kappa shape index (κ1) is 11.2. The van der Waals surface area contributed by atoms with Crippen LogP contribution in [-0.4, -0.2) is 25.4 Å². The number of hydrogen-bond donors (Lipinski definition) is 1. The molecule has 1 aromatic rings. The molecular weight excluding hydrogens is 176 g/mol. The number of aliphatic hydroxyl groups is 1. The van der Waals surface area contributed by atoms with Crippen LogP contribution < -0.4 is 0 Å². The normalized spacial score (nSPS) is 12.8. The predicted octanol–water partition coefficient (Wildman–Crippen LogP) is 1.97. The highest BCUT2D eigenvalue weighted by molar-refractivity contribution is 5.25. The van der Waals surface area contributed by atoms with Crippen molar-refractivity contribution in [3.05, 3.63) is 35.4 Å². The van der Waals surface area contributed by atoms with Crippen LogP contribution >= 0.6 is 0 Å². The van der Waals surface area contributed by atoms with E-state index in [1.807, 2.05) is 0 Å². The van der Waals surface area contributed by atoms with Crippen molar-refractivity contribution in [1.29, 1.82) is 0 Å². The molecule has 78 valence electrons. The van der Waals surface area contributed by atoms with Gasteiger partial charge in [-0.3, -0.25) is 0 Å². The Hall–Kier alpha value is -0.860. The van der Waals surface area contributed by atoms with Crippen molar-refractivity contribution in [2.24, 2.45) is 0 Å². The Labute approximate surface area is 85.5 Å². The second-order valence-corrected chi connectivity index (χ2v) is 3.43. The Morgan fingerprint density at radius 1 is 1.29 bits per heavy atom. The average Bonchev–Trinajstić information content (AvgIpc) is 2.26. The molecule has 1 unspecified atom stereocenters. The van der Waals surface area contributed by atoms with Gasteiger partial charge in [0.05, 0.1) is 13.2 Å². The molecule has 0 aliphatic heterocycles. The Balaban J connectivity index is 2.73. The quantitative estimate of drug-likeness (QED) is 0.776. The number of hydrogen-bond acceptors (Lipinski definition) is 2. The van der Waals surface area contributed by atoms with E-state index < -0.39 is 0 Å². The van der Waals surface area contributed by atoms with Crippen molar-refractivity contribution < 1.29 is 9.84 Å². The van der Waals surface area contributed by atoms with Gasteiger partial charge in [0, 0.05) is 13.0 Å². The largest absolute Gasteiger partial charge is 0.396 e. The second-order valence-electron chi connectivity index (χ2n) is 3.43. The van der Waals surface area contributed by atoms with Gasteiger partial charge in [-0.15, -0.1) is 0 Å². The van der Waals surface area contributed by atoms with Gasteiger partial charge in [-0.2, -0.15) is 0 Å². The maximum atomic E-state index is 9.16. The highest BCUT2D eigenvalue weighted by Crippen LogP contribution is 2.16. The average molecular weight is 194 g/mol. The number of benzene rings is 1. The molecule has 0 radical (unpaired) electrons. The van der Waals surface area contributed by atoms with E-state index >= 15 is 0 Å². The summed E-state index contributed by atoms with van der Waals surface area (Å²) in [4.78, 5) is 0. The van der Waals surface area contributed by atoms with Crippen LogP contribution in [0.5, 0.6) is 0 Å². The van der Waals surface area contributed by atoms with Crippen LogP contribution in [0.25, 0.3) is 0 Å². The van der Waals surface area contributed by atoms with E-state index in [0.29, 0.717) is 6.61 Å². The Bertz CT molecular complexity index is 254. The summed E-state index contributed by atoms with van der Waals surface area (Å²) < 4.78 is 5.05. The van der Waals surface area contributed by atoms with Crippen LogP contribution in [0.15, 0.2) is 24.3 Å². The maximum Gasteiger partial charge on any atom is 0.0553 e. The van der Waals surface area contributed by atoms with Gasteiger partial charge in [0.1, 0.15) is 0 Å². The van der Waals surface area contributed by atoms with Crippen LogP contribution in [0.4, 0.5) is 0 Å². The molecule has 0 aromatic heterocycles. The first-order valence-corrected chi connectivity index (χ1v) is 5.00. The van der Waals surface area contributed by atoms with E-state index in [9.17, 15) is 0 Å². The summed E-state index contributed by atoms with van der Waals surface area (Å²) in [5.74, 6) is 0.103. The molecule has 0 fully saturated rings. The van der Waals surface area contributed by atoms with Crippen LogP contribution in [-0.2, 0) is 11.2 Å². The Morgan fingerprint density at radius 3 is 2.36 bits per heavy atom. The summed E-state index contributed by atoms with van der Waals surface area (Å²) in [5, 5.41) is 9.16.